The fraction of sp³-hybridized carbons (Fsp3) is 0.538. The summed E-state index contributed by atoms with van der Waals surface area (Å²) in [4.78, 5) is 0. The highest BCUT2D eigenvalue weighted by Crippen LogP contribution is 2.02. The highest BCUT2D eigenvalue weighted by atomic mass is 35.5. The van der Waals surface area contributed by atoms with Crippen LogP contribution >= 0.6 is 12.4 Å². The summed E-state index contributed by atoms with van der Waals surface area (Å²) >= 11 is 0. The van der Waals surface area contributed by atoms with Gasteiger partial charge in [-0.1, -0.05) is 6.92 Å². The Labute approximate surface area is 120 Å². The first-order valence-electron chi connectivity index (χ1n) is 6.57. The van der Waals surface area contributed by atoms with Crippen molar-refractivity contribution in [1.29, 1.82) is 0 Å². The average Bonchev–Trinajstić information content (AvgIpc) is 2.99. The molecule has 6 heteroatoms. The van der Waals surface area contributed by atoms with E-state index in [1.165, 1.54) is 11.4 Å². The van der Waals surface area contributed by atoms with E-state index in [0.717, 1.165) is 32.6 Å². The van der Waals surface area contributed by atoms with Crippen molar-refractivity contribution in [2.45, 2.75) is 46.4 Å². The van der Waals surface area contributed by atoms with Crippen molar-refractivity contribution in [3.8, 4) is 0 Å². The van der Waals surface area contributed by atoms with Crippen LogP contribution in [0.15, 0.2) is 24.5 Å². The van der Waals surface area contributed by atoms with Crippen molar-refractivity contribution in [2.24, 2.45) is 0 Å². The van der Waals surface area contributed by atoms with Crippen molar-refractivity contribution in [1.82, 2.24) is 24.9 Å². The monoisotopic (exact) mass is 283 g/mol. The largest absolute Gasteiger partial charge is 0.306 e. The lowest BCUT2D eigenvalue weighted by atomic mass is 10.3. The lowest BCUT2D eigenvalue weighted by Crippen LogP contribution is -2.18. The number of halogens is 1. The molecule has 0 saturated heterocycles. The molecule has 0 bridgehead atoms. The van der Waals surface area contributed by atoms with Crippen LogP contribution in [0, 0.1) is 0 Å². The van der Waals surface area contributed by atoms with E-state index >= 15 is 0 Å². The average molecular weight is 284 g/mol. The second-order valence-corrected chi connectivity index (χ2v) is 4.29. The van der Waals surface area contributed by atoms with E-state index in [1.54, 1.807) is 0 Å². The van der Waals surface area contributed by atoms with Crippen molar-refractivity contribution in [3.63, 3.8) is 0 Å². The van der Waals surface area contributed by atoms with Gasteiger partial charge in [0.15, 0.2) is 0 Å². The van der Waals surface area contributed by atoms with Crippen LogP contribution in [-0.4, -0.2) is 19.6 Å². The summed E-state index contributed by atoms with van der Waals surface area (Å²) in [7, 11) is 0. The topological polar surface area (TPSA) is 47.7 Å². The summed E-state index contributed by atoms with van der Waals surface area (Å²) in [6, 6.07) is 4.12. The zero-order valence-corrected chi connectivity index (χ0v) is 12.4. The van der Waals surface area contributed by atoms with Crippen molar-refractivity contribution < 1.29 is 0 Å². The molecular weight excluding hydrogens is 262 g/mol. The number of nitrogens with zero attached hydrogens (tertiary/aromatic N) is 4. The second kappa shape index (κ2) is 7.96. The molecule has 0 aliphatic carbocycles. The molecule has 0 unspecified atom stereocenters. The number of hydrogen-bond acceptors (Lipinski definition) is 3. The first-order valence-corrected chi connectivity index (χ1v) is 6.57. The third-order valence-electron chi connectivity index (χ3n) is 2.96. The third kappa shape index (κ3) is 4.08. The SMILES string of the molecule is CCCn1nccc1CNCc1ccnn1CC.Cl. The third-order valence-corrected chi connectivity index (χ3v) is 2.96. The van der Waals surface area contributed by atoms with Gasteiger partial charge in [-0.2, -0.15) is 10.2 Å². The quantitative estimate of drug-likeness (QED) is 0.848. The van der Waals surface area contributed by atoms with Gasteiger partial charge in [0.05, 0.1) is 11.4 Å². The number of rotatable bonds is 7. The Balaban J connectivity index is 0.00000180. The standard InChI is InChI=1S/C13H21N5.ClH/c1-3-9-18-13(6-8-16-18)11-14-10-12-5-7-15-17(12)4-2;/h5-8,14H,3-4,9-11H2,1-2H3;1H. The number of nitrogens with one attached hydrogen (secondary N) is 1. The second-order valence-electron chi connectivity index (χ2n) is 4.29. The molecule has 5 nitrogen and oxygen atoms in total. The molecule has 0 aliphatic rings. The van der Waals surface area contributed by atoms with Crippen LogP contribution in [0.4, 0.5) is 0 Å². The molecule has 0 aliphatic heterocycles. The summed E-state index contributed by atoms with van der Waals surface area (Å²) in [5.74, 6) is 0. The van der Waals surface area contributed by atoms with Crippen molar-refractivity contribution in [2.75, 3.05) is 0 Å². The summed E-state index contributed by atoms with van der Waals surface area (Å²) < 4.78 is 4.07. The maximum atomic E-state index is 4.31. The van der Waals surface area contributed by atoms with E-state index in [1.807, 2.05) is 17.1 Å². The Morgan fingerprint density at radius 3 is 2.16 bits per heavy atom. The molecule has 0 radical (unpaired) electrons. The zero-order chi connectivity index (χ0) is 12.8. The van der Waals surface area contributed by atoms with Crippen LogP contribution in [0.25, 0.3) is 0 Å². The number of aromatic nitrogens is 4. The Kier molecular flexibility index (Phi) is 6.59. The molecule has 0 spiro atoms. The molecule has 0 amide bonds. The van der Waals surface area contributed by atoms with Crippen molar-refractivity contribution >= 4 is 12.4 Å². The molecule has 0 aromatic carbocycles. The fourth-order valence-electron chi connectivity index (χ4n) is 2.04. The maximum absolute atomic E-state index is 4.31. The predicted molar refractivity (Wildman–Crippen MR) is 78.2 cm³/mol. The Morgan fingerprint density at radius 1 is 1.00 bits per heavy atom. The van der Waals surface area contributed by atoms with Gasteiger partial charge in [0.25, 0.3) is 0 Å². The van der Waals surface area contributed by atoms with Gasteiger partial charge in [-0.15, -0.1) is 12.4 Å². The van der Waals surface area contributed by atoms with Crippen molar-refractivity contribution in [3.05, 3.63) is 35.9 Å². The molecule has 106 valence electrons. The Hall–Kier alpha value is -1.33. The molecule has 0 atom stereocenters. The molecule has 0 saturated carbocycles. The van der Waals surface area contributed by atoms with Crippen LogP contribution < -0.4 is 5.32 Å². The van der Waals surface area contributed by atoms with Gasteiger partial charge in [-0.25, -0.2) is 0 Å². The van der Waals surface area contributed by atoms with Gasteiger partial charge < -0.3 is 5.32 Å². The molecule has 2 heterocycles. The van der Waals surface area contributed by atoms with Crippen LogP contribution in [0.1, 0.15) is 31.7 Å². The van der Waals surface area contributed by atoms with Crippen LogP contribution in [-0.2, 0) is 26.2 Å². The molecule has 2 rings (SSSR count). The summed E-state index contributed by atoms with van der Waals surface area (Å²) in [5.41, 5.74) is 2.46. The number of hydrogen-bond donors (Lipinski definition) is 1. The lowest BCUT2D eigenvalue weighted by Gasteiger charge is -2.08. The van der Waals surface area contributed by atoms with Crippen LogP contribution in [0.3, 0.4) is 0 Å². The normalized spacial score (nSPS) is 10.4. The van der Waals surface area contributed by atoms with Gasteiger partial charge in [0.1, 0.15) is 0 Å². The van der Waals surface area contributed by atoms with Gasteiger partial charge in [0, 0.05) is 38.6 Å². The van der Waals surface area contributed by atoms with Gasteiger partial charge in [-0.3, -0.25) is 9.36 Å². The Bertz CT molecular complexity index is 477. The maximum Gasteiger partial charge on any atom is 0.0522 e. The zero-order valence-electron chi connectivity index (χ0n) is 11.5. The molecular formula is C13H22ClN5. The smallest absolute Gasteiger partial charge is 0.0522 e. The van der Waals surface area contributed by atoms with E-state index in [9.17, 15) is 0 Å². The minimum Gasteiger partial charge on any atom is -0.306 e. The minimum atomic E-state index is 0. The van der Waals surface area contributed by atoms with Crippen LogP contribution in [0.5, 0.6) is 0 Å². The number of aryl methyl sites for hydroxylation is 2. The van der Waals surface area contributed by atoms with E-state index < -0.39 is 0 Å². The lowest BCUT2D eigenvalue weighted by molar-refractivity contribution is 0.535. The predicted octanol–water partition coefficient (Wildman–Crippen LogP) is 2.22. The summed E-state index contributed by atoms with van der Waals surface area (Å²) in [6.45, 7) is 7.85. The van der Waals surface area contributed by atoms with Gasteiger partial charge >= 0.3 is 0 Å². The highest BCUT2D eigenvalue weighted by Gasteiger charge is 2.03. The summed E-state index contributed by atoms with van der Waals surface area (Å²) in [6.07, 6.45) is 4.82. The van der Waals surface area contributed by atoms with Gasteiger partial charge in [0.2, 0.25) is 0 Å². The van der Waals surface area contributed by atoms with E-state index in [4.69, 9.17) is 0 Å². The summed E-state index contributed by atoms with van der Waals surface area (Å²) in [5, 5.41) is 12.0. The first-order chi connectivity index (χ1) is 8.85. The highest BCUT2D eigenvalue weighted by molar-refractivity contribution is 5.85. The minimum absolute atomic E-state index is 0. The molecule has 0 fully saturated rings. The molecule has 1 N–H and O–H groups in total. The van der Waals surface area contributed by atoms with E-state index in [-0.39, 0.29) is 12.4 Å². The first kappa shape index (κ1) is 15.7. The van der Waals surface area contributed by atoms with E-state index in [2.05, 4.69) is 46.2 Å². The Morgan fingerprint density at radius 2 is 1.58 bits per heavy atom. The fourth-order valence-corrected chi connectivity index (χ4v) is 2.04. The van der Waals surface area contributed by atoms with E-state index in [0.29, 0.717) is 0 Å². The van der Waals surface area contributed by atoms with Gasteiger partial charge in [-0.05, 0) is 25.5 Å². The van der Waals surface area contributed by atoms with Crippen LogP contribution in [0.2, 0.25) is 0 Å². The molecule has 2 aromatic rings. The molecule has 2 aromatic heterocycles. The molecule has 19 heavy (non-hydrogen) atoms.